The Morgan fingerprint density at radius 2 is 2.00 bits per heavy atom. The first-order valence-electron chi connectivity index (χ1n) is 6.45. The van der Waals surface area contributed by atoms with E-state index < -0.39 is 5.97 Å². The van der Waals surface area contributed by atoms with Gasteiger partial charge in [0.25, 0.3) is 0 Å². The third-order valence-corrected chi connectivity index (χ3v) is 4.46. The molecule has 1 aromatic carbocycles. The maximum absolute atomic E-state index is 11.0. The number of carbonyl (C=O) groups is 1. The third kappa shape index (κ3) is 2.30. The van der Waals surface area contributed by atoms with Gasteiger partial charge >= 0.3 is 5.97 Å². The van der Waals surface area contributed by atoms with Gasteiger partial charge in [-0.25, -0.2) is 4.79 Å². The summed E-state index contributed by atoms with van der Waals surface area (Å²) in [5.74, 6) is -0.917. The van der Waals surface area contributed by atoms with Gasteiger partial charge in [-0.3, -0.25) is 0 Å². The van der Waals surface area contributed by atoms with Crippen molar-refractivity contribution in [3.05, 3.63) is 28.8 Å². The molecule has 1 spiro atoms. The molecule has 19 heavy (non-hydrogen) atoms. The molecule has 2 aliphatic rings. The summed E-state index contributed by atoms with van der Waals surface area (Å²) < 4.78 is 5.39. The molecule has 4 nitrogen and oxygen atoms in total. The predicted molar refractivity (Wildman–Crippen MR) is 73.1 cm³/mol. The van der Waals surface area contributed by atoms with E-state index in [1.54, 1.807) is 12.1 Å². The molecular formula is C14H16ClNO3. The van der Waals surface area contributed by atoms with E-state index in [0.29, 0.717) is 10.4 Å². The highest BCUT2D eigenvalue weighted by Gasteiger charge is 2.44. The number of carboxylic acids is 1. The zero-order valence-electron chi connectivity index (χ0n) is 10.6. The lowest BCUT2D eigenvalue weighted by atomic mass is 9.73. The van der Waals surface area contributed by atoms with Gasteiger partial charge in [0, 0.05) is 31.7 Å². The summed E-state index contributed by atoms with van der Waals surface area (Å²) in [6.07, 6.45) is 2.17. The van der Waals surface area contributed by atoms with Crippen molar-refractivity contribution in [1.29, 1.82) is 0 Å². The third-order valence-electron chi connectivity index (χ3n) is 4.14. The van der Waals surface area contributed by atoms with Crippen molar-refractivity contribution in [2.24, 2.45) is 5.41 Å². The molecule has 0 aromatic heterocycles. The summed E-state index contributed by atoms with van der Waals surface area (Å²) in [5, 5.41) is 9.65. The molecule has 1 N–H and O–H groups in total. The predicted octanol–water partition coefficient (Wildman–Crippen LogP) is 2.66. The zero-order valence-corrected chi connectivity index (χ0v) is 11.3. The number of hydrogen-bond acceptors (Lipinski definition) is 3. The van der Waals surface area contributed by atoms with Gasteiger partial charge in [-0.2, -0.15) is 0 Å². The van der Waals surface area contributed by atoms with Crippen molar-refractivity contribution in [2.75, 3.05) is 31.2 Å². The lowest BCUT2D eigenvalue weighted by Gasteiger charge is -2.53. The van der Waals surface area contributed by atoms with Crippen LogP contribution >= 0.6 is 11.6 Å². The number of halogens is 1. The second-order valence-corrected chi connectivity index (χ2v) is 5.85. The van der Waals surface area contributed by atoms with Crippen LogP contribution in [-0.2, 0) is 4.74 Å². The average molecular weight is 282 g/mol. The van der Waals surface area contributed by atoms with Crippen LogP contribution in [0.25, 0.3) is 0 Å². The van der Waals surface area contributed by atoms with Crippen molar-refractivity contribution >= 4 is 23.3 Å². The Morgan fingerprint density at radius 3 is 2.63 bits per heavy atom. The molecular weight excluding hydrogens is 266 g/mol. The average Bonchev–Trinajstić information content (AvgIpc) is 2.37. The maximum Gasteiger partial charge on any atom is 0.335 e. The Bertz CT molecular complexity index is 503. The largest absolute Gasteiger partial charge is 0.478 e. The summed E-state index contributed by atoms with van der Waals surface area (Å²) >= 11 is 6.18. The van der Waals surface area contributed by atoms with Crippen molar-refractivity contribution < 1.29 is 14.6 Å². The minimum absolute atomic E-state index is 0.285. The maximum atomic E-state index is 11.0. The monoisotopic (exact) mass is 281 g/mol. The van der Waals surface area contributed by atoms with Crippen LogP contribution in [0.1, 0.15) is 23.2 Å². The van der Waals surface area contributed by atoms with Gasteiger partial charge < -0.3 is 14.7 Å². The van der Waals surface area contributed by atoms with Crippen LogP contribution in [0, 0.1) is 5.41 Å². The van der Waals surface area contributed by atoms with Gasteiger partial charge in [0.1, 0.15) is 0 Å². The molecule has 102 valence electrons. The lowest BCUT2D eigenvalue weighted by molar-refractivity contribution is -0.000184. The van der Waals surface area contributed by atoms with Gasteiger partial charge in [-0.1, -0.05) is 11.6 Å². The number of ether oxygens (including phenoxy) is 1. The second-order valence-electron chi connectivity index (χ2n) is 5.44. The molecule has 0 amide bonds. The summed E-state index contributed by atoms with van der Waals surface area (Å²) in [4.78, 5) is 13.2. The highest BCUT2D eigenvalue weighted by molar-refractivity contribution is 6.33. The minimum atomic E-state index is -0.917. The molecule has 3 rings (SSSR count). The fourth-order valence-electron chi connectivity index (χ4n) is 2.94. The smallest absolute Gasteiger partial charge is 0.335 e. The molecule has 0 bridgehead atoms. The van der Waals surface area contributed by atoms with Crippen molar-refractivity contribution in [1.82, 2.24) is 0 Å². The Morgan fingerprint density at radius 1 is 1.32 bits per heavy atom. The molecule has 0 unspecified atom stereocenters. The number of aromatic carboxylic acids is 1. The molecule has 1 aromatic rings. The van der Waals surface area contributed by atoms with E-state index in [2.05, 4.69) is 4.90 Å². The van der Waals surface area contributed by atoms with Gasteiger partial charge in [0.15, 0.2) is 0 Å². The highest BCUT2D eigenvalue weighted by atomic mass is 35.5. The van der Waals surface area contributed by atoms with E-state index in [1.807, 2.05) is 0 Å². The highest BCUT2D eigenvalue weighted by Crippen LogP contribution is 2.44. The van der Waals surface area contributed by atoms with E-state index in [-0.39, 0.29) is 5.56 Å². The first-order chi connectivity index (χ1) is 9.10. The topological polar surface area (TPSA) is 49.8 Å². The number of benzene rings is 1. The first-order valence-corrected chi connectivity index (χ1v) is 6.83. The van der Waals surface area contributed by atoms with Crippen molar-refractivity contribution in [3.63, 3.8) is 0 Å². The summed E-state index contributed by atoms with van der Waals surface area (Å²) in [5.41, 5.74) is 1.46. The van der Waals surface area contributed by atoms with Gasteiger partial charge in [0.05, 0.1) is 16.3 Å². The molecule has 2 aliphatic heterocycles. The zero-order chi connectivity index (χ0) is 13.5. The van der Waals surface area contributed by atoms with E-state index in [0.717, 1.165) is 44.8 Å². The number of rotatable bonds is 2. The molecule has 5 heteroatoms. The normalized spacial score (nSPS) is 21.2. The Labute approximate surface area is 116 Å². The Balaban J connectivity index is 1.77. The summed E-state index contributed by atoms with van der Waals surface area (Å²) in [6, 6.07) is 4.87. The van der Waals surface area contributed by atoms with Gasteiger partial charge in [0.2, 0.25) is 0 Å². The van der Waals surface area contributed by atoms with Crippen LogP contribution in [0.15, 0.2) is 18.2 Å². The number of anilines is 1. The minimum Gasteiger partial charge on any atom is -0.478 e. The van der Waals surface area contributed by atoms with Crippen LogP contribution < -0.4 is 4.90 Å². The fraction of sp³-hybridized carbons (Fsp3) is 0.500. The Hall–Kier alpha value is -1.26. The van der Waals surface area contributed by atoms with Crippen LogP contribution in [0.3, 0.4) is 0 Å². The number of nitrogens with zero attached hydrogens (tertiary/aromatic N) is 1. The van der Waals surface area contributed by atoms with Crippen molar-refractivity contribution in [3.8, 4) is 0 Å². The van der Waals surface area contributed by atoms with Gasteiger partial charge in [-0.05, 0) is 31.0 Å². The van der Waals surface area contributed by atoms with Gasteiger partial charge in [-0.15, -0.1) is 0 Å². The van der Waals surface area contributed by atoms with E-state index >= 15 is 0 Å². The van der Waals surface area contributed by atoms with Crippen LogP contribution in [0.2, 0.25) is 5.02 Å². The second kappa shape index (κ2) is 4.69. The molecule has 0 aliphatic carbocycles. The SMILES string of the molecule is O=C(O)c1ccc(Cl)c(N2CC3(CCOCC3)C2)c1. The van der Waals surface area contributed by atoms with Crippen LogP contribution in [0.5, 0.6) is 0 Å². The van der Waals surface area contributed by atoms with Crippen molar-refractivity contribution in [2.45, 2.75) is 12.8 Å². The summed E-state index contributed by atoms with van der Waals surface area (Å²) in [7, 11) is 0. The quantitative estimate of drug-likeness (QED) is 0.905. The van der Waals surface area contributed by atoms with E-state index in [1.165, 1.54) is 6.07 Å². The molecule has 2 fully saturated rings. The first kappa shape index (κ1) is 12.8. The van der Waals surface area contributed by atoms with E-state index in [9.17, 15) is 4.79 Å². The van der Waals surface area contributed by atoms with Crippen LogP contribution in [0.4, 0.5) is 5.69 Å². The Kier molecular flexibility index (Phi) is 3.15. The number of carboxylic acid groups (broad SMARTS) is 1. The molecule has 0 radical (unpaired) electrons. The molecule has 0 atom stereocenters. The molecule has 2 heterocycles. The fourth-order valence-corrected chi connectivity index (χ4v) is 3.18. The number of hydrogen-bond donors (Lipinski definition) is 1. The van der Waals surface area contributed by atoms with E-state index in [4.69, 9.17) is 21.4 Å². The lowest BCUT2D eigenvalue weighted by Crippen LogP contribution is -2.58. The molecule has 0 saturated carbocycles. The molecule has 2 saturated heterocycles. The standard InChI is InChI=1S/C14H16ClNO3/c15-11-2-1-10(13(17)18)7-12(11)16-8-14(9-16)3-5-19-6-4-14/h1-2,7H,3-6,8-9H2,(H,17,18). The summed E-state index contributed by atoms with van der Waals surface area (Å²) in [6.45, 7) is 3.55. The van der Waals surface area contributed by atoms with Crippen LogP contribution in [-0.4, -0.2) is 37.4 Å².